The minimum Gasteiger partial charge on any atom is -0.369 e. The maximum absolute atomic E-state index is 12.0. The molecule has 0 radical (unpaired) electrons. The Balaban J connectivity index is 1.88. The van der Waals surface area contributed by atoms with Gasteiger partial charge in [-0.05, 0) is 50.7 Å². The Morgan fingerprint density at radius 3 is 2.58 bits per heavy atom. The van der Waals surface area contributed by atoms with Crippen LogP contribution in [-0.4, -0.2) is 28.7 Å². The van der Waals surface area contributed by atoms with Crippen LogP contribution in [0.3, 0.4) is 0 Å². The SMILES string of the molecule is CCNc1ccc(C(=O)NC2CCC(C)CC2)nn1. The first-order valence-electron chi connectivity index (χ1n) is 7.07. The molecule has 1 amide bonds. The molecule has 0 aromatic carbocycles. The van der Waals surface area contributed by atoms with Gasteiger partial charge in [-0.1, -0.05) is 6.92 Å². The van der Waals surface area contributed by atoms with Crippen molar-refractivity contribution in [3.8, 4) is 0 Å². The summed E-state index contributed by atoms with van der Waals surface area (Å²) in [4.78, 5) is 12.0. The summed E-state index contributed by atoms with van der Waals surface area (Å²) >= 11 is 0. The smallest absolute Gasteiger partial charge is 0.272 e. The van der Waals surface area contributed by atoms with Gasteiger partial charge in [-0.2, -0.15) is 0 Å². The fourth-order valence-electron chi connectivity index (χ4n) is 2.39. The maximum Gasteiger partial charge on any atom is 0.272 e. The molecule has 1 heterocycles. The number of aromatic nitrogens is 2. The van der Waals surface area contributed by atoms with Crippen molar-refractivity contribution in [2.75, 3.05) is 11.9 Å². The number of rotatable bonds is 4. The Morgan fingerprint density at radius 2 is 2.00 bits per heavy atom. The second kappa shape index (κ2) is 6.50. The van der Waals surface area contributed by atoms with Gasteiger partial charge < -0.3 is 10.6 Å². The topological polar surface area (TPSA) is 66.9 Å². The standard InChI is InChI=1S/C14H22N4O/c1-3-15-13-9-8-12(17-18-13)14(19)16-11-6-4-10(2)5-7-11/h8-11H,3-7H2,1-2H3,(H,15,18)(H,16,19). The average molecular weight is 262 g/mol. The van der Waals surface area contributed by atoms with Gasteiger partial charge in [0.15, 0.2) is 5.69 Å². The Morgan fingerprint density at radius 1 is 1.26 bits per heavy atom. The molecule has 2 rings (SSSR count). The molecule has 1 aromatic heterocycles. The average Bonchev–Trinajstić information content (AvgIpc) is 2.42. The summed E-state index contributed by atoms with van der Waals surface area (Å²) in [5.74, 6) is 1.37. The van der Waals surface area contributed by atoms with E-state index in [1.54, 1.807) is 12.1 Å². The van der Waals surface area contributed by atoms with Gasteiger partial charge in [0.05, 0.1) is 0 Å². The summed E-state index contributed by atoms with van der Waals surface area (Å²) in [6, 6.07) is 3.79. The fraction of sp³-hybridized carbons (Fsp3) is 0.643. The van der Waals surface area contributed by atoms with Crippen molar-refractivity contribution in [2.24, 2.45) is 5.92 Å². The first kappa shape index (κ1) is 13.8. The van der Waals surface area contributed by atoms with E-state index < -0.39 is 0 Å². The van der Waals surface area contributed by atoms with Crippen LogP contribution < -0.4 is 10.6 Å². The molecule has 1 saturated carbocycles. The van der Waals surface area contributed by atoms with Crippen molar-refractivity contribution in [3.63, 3.8) is 0 Å². The molecular formula is C14H22N4O. The summed E-state index contributed by atoms with van der Waals surface area (Å²) in [5, 5.41) is 14.0. The molecule has 1 aliphatic rings. The Kier molecular flexibility index (Phi) is 4.71. The molecule has 5 heteroatoms. The van der Waals surface area contributed by atoms with Gasteiger partial charge in [-0.25, -0.2) is 0 Å². The number of nitrogens with zero attached hydrogens (tertiary/aromatic N) is 2. The van der Waals surface area contributed by atoms with Crippen molar-refractivity contribution in [2.45, 2.75) is 45.6 Å². The van der Waals surface area contributed by atoms with Crippen LogP contribution in [0, 0.1) is 5.92 Å². The van der Waals surface area contributed by atoms with Crippen molar-refractivity contribution in [1.82, 2.24) is 15.5 Å². The Hall–Kier alpha value is -1.65. The highest BCUT2D eigenvalue weighted by Gasteiger charge is 2.20. The zero-order chi connectivity index (χ0) is 13.7. The van der Waals surface area contributed by atoms with E-state index in [4.69, 9.17) is 0 Å². The molecule has 1 fully saturated rings. The minimum atomic E-state index is -0.116. The van der Waals surface area contributed by atoms with Gasteiger partial charge in [0, 0.05) is 12.6 Å². The summed E-state index contributed by atoms with van der Waals surface area (Å²) in [6.07, 6.45) is 4.51. The summed E-state index contributed by atoms with van der Waals surface area (Å²) in [7, 11) is 0. The summed E-state index contributed by atoms with van der Waals surface area (Å²) in [5.41, 5.74) is 0.389. The van der Waals surface area contributed by atoms with Crippen LogP contribution in [0.4, 0.5) is 5.82 Å². The van der Waals surface area contributed by atoms with Crippen molar-refractivity contribution in [1.29, 1.82) is 0 Å². The van der Waals surface area contributed by atoms with E-state index in [9.17, 15) is 4.79 Å². The Labute approximate surface area is 114 Å². The van der Waals surface area contributed by atoms with Gasteiger partial charge in [-0.15, -0.1) is 10.2 Å². The van der Waals surface area contributed by atoms with E-state index in [-0.39, 0.29) is 5.91 Å². The monoisotopic (exact) mass is 262 g/mol. The number of anilines is 1. The highest BCUT2D eigenvalue weighted by molar-refractivity contribution is 5.92. The third-order valence-corrected chi connectivity index (χ3v) is 3.61. The molecule has 0 atom stereocenters. The van der Waals surface area contributed by atoms with Crippen LogP contribution in [0.25, 0.3) is 0 Å². The molecule has 0 unspecified atom stereocenters. The van der Waals surface area contributed by atoms with Gasteiger partial charge in [0.25, 0.3) is 5.91 Å². The van der Waals surface area contributed by atoms with E-state index in [1.165, 1.54) is 12.8 Å². The van der Waals surface area contributed by atoms with Crippen LogP contribution in [0.15, 0.2) is 12.1 Å². The molecule has 0 bridgehead atoms. The molecule has 1 aliphatic carbocycles. The highest BCUT2D eigenvalue weighted by Crippen LogP contribution is 2.23. The van der Waals surface area contributed by atoms with Crippen LogP contribution in [-0.2, 0) is 0 Å². The third kappa shape index (κ3) is 3.91. The molecular weight excluding hydrogens is 240 g/mol. The maximum atomic E-state index is 12.0. The van der Waals surface area contributed by atoms with Crippen molar-refractivity contribution >= 4 is 11.7 Å². The van der Waals surface area contributed by atoms with Crippen molar-refractivity contribution in [3.05, 3.63) is 17.8 Å². The predicted octanol–water partition coefficient (Wildman–Crippen LogP) is 2.22. The number of amides is 1. The number of carbonyl (C=O) groups excluding carboxylic acids is 1. The normalized spacial score (nSPS) is 22.8. The zero-order valence-electron chi connectivity index (χ0n) is 11.6. The lowest BCUT2D eigenvalue weighted by Gasteiger charge is -2.26. The van der Waals surface area contributed by atoms with Crippen LogP contribution in [0.1, 0.15) is 50.0 Å². The van der Waals surface area contributed by atoms with Crippen LogP contribution in [0.2, 0.25) is 0 Å². The summed E-state index contributed by atoms with van der Waals surface area (Å²) < 4.78 is 0. The first-order valence-corrected chi connectivity index (χ1v) is 7.07. The van der Waals surface area contributed by atoms with E-state index in [2.05, 4.69) is 27.8 Å². The molecule has 104 valence electrons. The predicted molar refractivity (Wildman–Crippen MR) is 75.1 cm³/mol. The van der Waals surface area contributed by atoms with E-state index >= 15 is 0 Å². The van der Waals surface area contributed by atoms with Crippen molar-refractivity contribution < 1.29 is 4.79 Å². The molecule has 0 saturated heterocycles. The van der Waals surface area contributed by atoms with Gasteiger partial charge in [0.2, 0.25) is 0 Å². The lowest BCUT2D eigenvalue weighted by Crippen LogP contribution is -2.37. The third-order valence-electron chi connectivity index (χ3n) is 3.61. The number of hydrogen-bond donors (Lipinski definition) is 2. The number of carbonyl (C=O) groups is 1. The van der Waals surface area contributed by atoms with Crippen LogP contribution >= 0.6 is 0 Å². The molecule has 5 nitrogen and oxygen atoms in total. The lowest BCUT2D eigenvalue weighted by molar-refractivity contribution is 0.0917. The van der Waals surface area contributed by atoms with Crippen LogP contribution in [0.5, 0.6) is 0 Å². The Bertz CT molecular complexity index is 410. The number of hydrogen-bond acceptors (Lipinski definition) is 4. The second-order valence-corrected chi connectivity index (χ2v) is 5.26. The first-order chi connectivity index (χ1) is 9.19. The zero-order valence-corrected chi connectivity index (χ0v) is 11.6. The van der Waals surface area contributed by atoms with Gasteiger partial charge in [0.1, 0.15) is 5.82 Å². The number of nitrogens with one attached hydrogen (secondary N) is 2. The quantitative estimate of drug-likeness (QED) is 0.873. The minimum absolute atomic E-state index is 0.116. The van der Waals surface area contributed by atoms with Gasteiger partial charge in [-0.3, -0.25) is 4.79 Å². The largest absolute Gasteiger partial charge is 0.369 e. The fourth-order valence-corrected chi connectivity index (χ4v) is 2.39. The molecule has 19 heavy (non-hydrogen) atoms. The summed E-state index contributed by atoms with van der Waals surface area (Å²) in [6.45, 7) is 5.05. The highest BCUT2D eigenvalue weighted by atomic mass is 16.2. The molecule has 0 spiro atoms. The van der Waals surface area contributed by atoms with Gasteiger partial charge >= 0.3 is 0 Å². The van der Waals surface area contributed by atoms with E-state index in [1.807, 2.05) is 6.92 Å². The lowest BCUT2D eigenvalue weighted by atomic mass is 9.87. The molecule has 0 aliphatic heterocycles. The van der Waals surface area contributed by atoms with E-state index in [0.717, 1.165) is 25.3 Å². The second-order valence-electron chi connectivity index (χ2n) is 5.26. The molecule has 1 aromatic rings. The molecule has 2 N–H and O–H groups in total. The van der Waals surface area contributed by atoms with E-state index in [0.29, 0.717) is 17.6 Å².